The van der Waals surface area contributed by atoms with E-state index in [0.717, 1.165) is 4.90 Å². The average Bonchev–Trinajstić information content (AvgIpc) is 2.46. The summed E-state index contributed by atoms with van der Waals surface area (Å²) in [5.41, 5.74) is -0.945. The van der Waals surface area contributed by atoms with E-state index in [1.54, 1.807) is 20.8 Å². The number of carbonyl (C=O) groups excluding carboxylic acids is 2. The summed E-state index contributed by atoms with van der Waals surface area (Å²) in [5.74, 6) is -2.82. The third kappa shape index (κ3) is 2.60. The van der Waals surface area contributed by atoms with Crippen LogP contribution in [-0.4, -0.2) is 37.6 Å². The van der Waals surface area contributed by atoms with Crippen molar-refractivity contribution in [3.63, 3.8) is 0 Å². The van der Waals surface area contributed by atoms with Crippen LogP contribution in [0.4, 0.5) is 0 Å². The Morgan fingerprint density at radius 1 is 1.45 bits per heavy atom. The predicted molar refractivity (Wildman–Crippen MR) is 65.4 cm³/mol. The van der Waals surface area contributed by atoms with Crippen LogP contribution in [-0.2, 0) is 20.4 Å². The fraction of sp³-hybridized carbons (Fsp3) is 0.667. The van der Waals surface area contributed by atoms with Crippen LogP contribution in [0, 0.1) is 11.3 Å². The Labute approximate surface area is 162 Å². The maximum Gasteiger partial charge on any atom is 1.00 e. The number of fused-ring (bicyclic) bond motifs is 1. The van der Waals surface area contributed by atoms with Gasteiger partial charge in [0.05, 0.1) is 34.5 Å². The third-order valence-corrected chi connectivity index (χ3v) is 5.51. The molecule has 4 atom stereocenters. The van der Waals surface area contributed by atoms with Gasteiger partial charge >= 0.3 is 51.4 Å². The van der Waals surface area contributed by atoms with Crippen molar-refractivity contribution >= 4 is 22.7 Å². The second kappa shape index (κ2) is 5.90. The molecule has 0 spiro atoms. The van der Waals surface area contributed by atoms with Crippen LogP contribution < -0.4 is 56.5 Å². The van der Waals surface area contributed by atoms with E-state index >= 15 is 0 Å². The van der Waals surface area contributed by atoms with Gasteiger partial charge in [-0.3, -0.25) is 13.9 Å². The van der Waals surface area contributed by atoms with Crippen LogP contribution in [0.25, 0.3) is 0 Å². The number of carboxylic acid groups (broad SMARTS) is 1. The minimum Gasteiger partial charge on any atom is -0.543 e. The number of aliphatic hydroxyl groups excluding tert-OH is 1. The number of nitrogens with zero attached hydrogens (tertiary/aromatic N) is 1. The van der Waals surface area contributed by atoms with Gasteiger partial charge in [-0.2, -0.15) is 0 Å². The first-order valence-corrected chi connectivity index (χ1v) is 7.18. The monoisotopic (exact) mass is 325 g/mol. The fourth-order valence-corrected chi connectivity index (χ4v) is 4.80. The first-order valence-electron chi connectivity index (χ1n) is 5.97. The molecule has 2 aliphatic rings. The molecule has 1 N–H and O–H groups in total. The second-order valence-corrected chi connectivity index (χ2v) is 7.36. The van der Waals surface area contributed by atoms with Crippen LogP contribution in [0.15, 0.2) is 10.6 Å². The normalized spacial score (nSPS) is 30.6. The molecular formula is C12H16KNO5S. The standard InChI is InChI=1S/C12H17NO5S.K/c1-5(14)6-9(15)13-7(11(16)17)8(12(2,3)4)19(18)10(6)13;/h5-6,10,14H,1-4H3,(H,16,17);/q;+1/p-1/t5-,6+,10-,19?;/m1./s1. The Morgan fingerprint density at radius 3 is 2.30 bits per heavy atom. The number of aliphatic hydroxyl groups is 1. The molecule has 20 heavy (non-hydrogen) atoms. The van der Waals surface area contributed by atoms with Crippen LogP contribution in [0.1, 0.15) is 27.7 Å². The number of rotatable bonds is 2. The molecule has 1 saturated heterocycles. The number of allylic oxidation sites excluding steroid dienone is 1. The minimum absolute atomic E-state index is 0. The molecule has 0 aliphatic carbocycles. The molecule has 2 aliphatic heterocycles. The molecule has 1 unspecified atom stereocenters. The first kappa shape index (κ1) is 18.5. The topological polar surface area (TPSA) is 97.7 Å². The first-order chi connectivity index (χ1) is 8.59. The number of β-lactam (4-membered cyclic amide) rings is 1. The molecule has 0 radical (unpaired) electrons. The van der Waals surface area contributed by atoms with Crippen molar-refractivity contribution in [2.24, 2.45) is 11.3 Å². The Hall–Kier alpha value is 0.426. The van der Waals surface area contributed by atoms with Gasteiger partial charge in [0.2, 0.25) is 5.91 Å². The van der Waals surface area contributed by atoms with Gasteiger partial charge in [0.1, 0.15) is 5.37 Å². The van der Waals surface area contributed by atoms with E-state index in [1.165, 1.54) is 6.92 Å². The van der Waals surface area contributed by atoms with Gasteiger partial charge in [0, 0.05) is 4.91 Å². The van der Waals surface area contributed by atoms with E-state index in [2.05, 4.69) is 0 Å². The van der Waals surface area contributed by atoms with Gasteiger partial charge in [-0.25, -0.2) is 0 Å². The minimum atomic E-state index is -1.64. The summed E-state index contributed by atoms with van der Waals surface area (Å²) in [6.07, 6.45) is -0.958. The summed E-state index contributed by atoms with van der Waals surface area (Å²) < 4.78 is 12.4. The Balaban J connectivity index is 0.00000200. The molecule has 2 rings (SSSR count). The van der Waals surface area contributed by atoms with Gasteiger partial charge in [-0.1, -0.05) is 20.8 Å². The largest absolute Gasteiger partial charge is 1.00 e. The average molecular weight is 325 g/mol. The number of hydrogen-bond acceptors (Lipinski definition) is 5. The summed E-state index contributed by atoms with van der Waals surface area (Å²) in [5, 5.41) is 20.0. The van der Waals surface area contributed by atoms with E-state index in [-0.39, 0.29) is 62.0 Å². The SMILES string of the molecule is C[C@@H](O)[C@H]1C(=O)N2C(C(=O)[O-])=C(C(C)(C)C)S(=O)[C@H]12.[K+]. The zero-order valence-corrected chi connectivity index (χ0v) is 16.1. The zero-order chi connectivity index (χ0) is 14.7. The summed E-state index contributed by atoms with van der Waals surface area (Å²) in [6.45, 7) is 6.63. The zero-order valence-electron chi connectivity index (χ0n) is 12.2. The molecule has 106 valence electrons. The second-order valence-electron chi connectivity index (χ2n) is 5.88. The van der Waals surface area contributed by atoms with Gasteiger partial charge in [-0.05, 0) is 12.3 Å². The van der Waals surface area contributed by atoms with Gasteiger partial charge < -0.3 is 15.0 Å². The van der Waals surface area contributed by atoms with Gasteiger partial charge in [-0.15, -0.1) is 0 Å². The number of aliphatic carboxylic acids is 1. The molecule has 2 heterocycles. The van der Waals surface area contributed by atoms with Crippen molar-refractivity contribution in [2.75, 3.05) is 0 Å². The molecule has 1 fully saturated rings. The Kier molecular flexibility index (Phi) is 5.45. The van der Waals surface area contributed by atoms with Crippen molar-refractivity contribution in [3.05, 3.63) is 10.6 Å². The van der Waals surface area contributed by atoms with E-state index < -0.39 is 45.5 Å². The molecule has 1 amide bonds. The summed E-state index contributed by atoms with van der Waals surface area (Å²) in [4.78, 5) is 24.4. The van der Waals surface area contributed by atoms with E-state index in [1.807, 2.05) is 0 Å². The molecule has 0 aromatic heterocycles. The Bertz CT molecular complexity index is 522. The fourth-order valence-electron chi connectivity index (χ4n) is 2.57. The molecular weight excluding hydrogens is 309 g/mol. The molecule has 8 heteroatoms. The van der Waals surface area contributed by atoms with Crippen molar-refractivity contribution < 1.29 is 75.4 Å². The number of hydrogen-bond donors (Lipinski definition) is 1. The van der Waals surface area contributed by atoms with Crippen LogP contribution in [0.3, 0.4) is 0 Å². The van der Waals surface area contributed by atoms with E-state index in [0.29, 0.717) is 0 Å². The predicted octanol–water partition coefficient (Wildman–Crippen LogP) is -4.07. The molecule has 0 aromatic carbocycles. The molecule has 0 bridgehead atoms. The van der Waals surface area contributed by atoms with Crippen LogP contribution >= 0.6 is 0 Å². The molecule has 0 aromatic rings. The van der Waals surface area contributed by atoms with E-state index in [4.69, 9.17) is 0 Å². The van der Waals surface area contributed by atoms with Crippen molar-refractivity contribution in [1.29, 1.82) is 0 Å². The van der Waals surface area contributed by atoms with Crippen molar-refractivity contribution in [3.8, 4) is 0 Å². The van der Waals surface area contributed by atoms with Gasteiger partial charge in [0.25, 0.3) is 0 Å². The summed E-state index contributed by atoms with van der Waals surface area (Å²) >= 11 is 0. The number of amides is 1. The maximum absolute atomic E-state index is 12.4. The number of carbonyl (C=O) groups is 2. The van der Waals surface area contributed by atoms with Crippen molar-refractivity contribution in [1.82, 2.24) is 4.90 Å². The third-order valence-electron chi connectivity index (χ3n) is 3.36. The smallest absolute Gasteiger partial charge is 0.543 e. The quantitative estimate of drug-likeness (QED) is 0.411. The van der Waals surface area contributed by atoms with Gasteiger partial charge in [0.15, 0.2) is 0 Å². The van der Waals surface area contributed by atoms with Crippen LogP contribution in [0.2, 0.25) is 0 Å². The Morgan fingerprint density at radius 2 is 1.95 bits per heavy atom. The van der Waals surface area contributed by atoms with Crippen molar-refractivity contribution in [2.45, 2.75) is 39.2 Å². The molecule has 6 nitrogen and oxygen atoms in total. The van der Waals surface area contributed by atoms with Crippen LogP contribution in [0.5, 0.6) is 0 Å². The summed E-state index contributed by atoms with van der Waals surface area (Å²) in [6, 6.07) is 0. The maximum atomic E-state index is 12.4. The molecule has 0 saturated carbocycles. The number of carboxylic acids is 1. The van der Waals surface area contributed by atoms with E-state index in [9.17, 15) is 24.0 Å². The summed E-state index contributed by atoms with van der Waals surface area (Å²) in [7, 11) is -1.64.